The fourth-order valence-corrected chi connectivity index (χ4v) is 1.31. The van der Waals surface area contributed by atoms with Crippen molar-refractivity contribution in [2.24, 2.45) is 5.73 Å². The van der Waals surface area contributed by atoms with Gasteiger partial charge in [-0.15, -0.1) is 0 Å². The summed E-state index contributed by atoms with van der Waals surface area (Å²) in [4.78, 5) is 11.7. The zero-order valence-electron chi connectivity index (χ0n) is 9.20. The van der Waals surface area contributed by atoms with E-state index >= 15 is 0 Å². The fourth-order valence-electron chi connectivity index (χ4n) is 1.31. The molecule has 0 aliphatic heterocycles. The maximum absolute atomic E-state index is 13.7. The largest absolute Gasteiger partial charge is 0.494 e. The van der Waals surface area contributed by atoms with Crippen molar-refractivity contribution in [2.45, 2.75) is 6.04 Å². The Labute approximate surface area is 93.2 Å². The smallest absolute Gasteiger partial charge is 0.184 e. The number of halogens is 1. The molecule has 1 unspecified atom stereocenters. The molecule has 5 heteroatoms. The van der Waals surface area contributed by atoms with E-state index in [2.05, 4.69) is 0 Å². The predicted octanol–water partition coefficient (Wildman–Crippen LogP) is 0.991. The Bertz CT molecular complexity index is 381. The first-order valence-electron chi connectivity index (χ1n) is 4.73. The van der Waals surface area contributed by atoms with E-state index in [1.54, 1.807) is 0 Å². The summed E-state index contributed by atoms with van der Waals surface area (Å²) in [5.41, 5.74) is 5.46. The van der Waals surface area contributed by atoms with E-state index in [9.17, 15) is 9.18 Å². The molecule has 4 nitrogen and oxygen atoms in total. The van der Waals surface area contributed by atoms with Crippen LogP contribution in [0.25, 0.3) is 0 Å². The molecule has 0 saturated heterocycles. The van der Waals surface area contributed by atoms with Gasteiger partial charge in [-0.25, -0.2) is 4.39 Å². The van der Waals surface area contributed by atoms with Crippen LogP contribution in [0.2, 0.25) is 0 Å². The third-order valence-corrected chi connectivity index (χ3v) is 2.13. The van der Waals surface area contributed by atoms with Gasteiger partial charge in [-0.1, -0.05) is 6.07 Å². The van der Waals surface area contributed by atoms with Gasteiger partial charge in [-0.05, 0) is 12.1 Å². The summed E-state index contributed by atoms with van der Waals surface area (Å²) in [5.74, 6) is -1.17. The molecule has 0 fully saturated rings. The third-order valence-electron chi connectivity index (χ3n) is 2.13. The molecular weight excluding hydrogens is 213 g/mol. The topological polar surface area (TPSA) is 61.5 Å². The molecule has 0 aliphatic rings. The number of methoxy groups -OCH3 is 2. The van der Waals surface area contributed by atoms with Gasteiger partial charge in [0.15, 0.2) is 17.3 Å². The van der Waals surface area contributed by atoms with Crippen LogP contribution in [0.4, 0.5) is 4.39 Å². The number of ketones is 1. The number of nitrogens with two attached hydrogens (primary N) is 1. The van der Waals surface area contributed by atoms with Crippen LogP contribution >= 0.6 is 0 Å². The van der Waals surface area contributed by atoms with Crippen molar-refractivity contribution in [3.05, 3.63) is 29.6 Å². The van der Waals surface area contributed by atoms with Crippen LogP contribution in [0, 0.1) is 5.82 Å². The Balaban J connectivity index is 2.99. The van der Waals surface area contributed by atoms with Gasteiger partial charge in [0.2, 0.25) is 0 Å². The van der Waals surface area contributed by atoms with Gasteiger partial charge >= 0.3 is 0 Å². The van der Waals surface area contributed by atoms with Crippen LogP contribution in [0.15, 0.2) is 18.2 Å². The minimum Gasteiger partial charge on any atom is -0.494 e. The highest BCUT2D eigenvalue weighted by Crippen LogP contribution is 2.20. The van der Waals surface area contributed by atoms with Gasteiger partial charge in [-0.2, -0.15) is 0 Å². The molecule has 0 amide bonds. The molecule has 2 N–H and O–H groups in total. The van der Waals surface area contributed by atoms with Gasteiger partial charge < -0.3 is 15.2 Å². The standard InChI is InChI=1S/C11H14FNO3/c1-15-6-8(13)11(14)7-4-3-5-9(16-2)10(7)12/h3-5,8H,6,13H2,1-2H3. The van der Waals surface area contributed by atoms with Gasteiger partial charge in [0, 0.05) is 7.11 Å². The quantitative estimate of drug-likeness (QED) is 0.762. The summed E-state index contributed by atoms with van der Waals surface area (Å²) < 4.78 is 23.2. The number of rotatable bonds is 5. The van der Waals surface area contributed by atoms with Crippen LogP contribution < -0.4 is 10.5 Å². The molecule has 1 rings (SSSR count). The molecule has 0 aliphatic carbocycles. The van der Waals surface area contributed by atoms with Crippen LogP contribution in [0.5, 0.6) is 5.75 Å². The van der Waals surface area contributed by atoms with E-state index in [1.807, 2.05) is 0 Å². The highest BCUT2D eigenvalue weighted by Gasteiger charge is 2.21. The molecule has 1 aromatic carbocycles. The second kappa shape index (κ2) is 5.58. The van der Waals surface area contributed by atoms with E-state index in [4.69, 9.17) is 15.2 Å². The molecule has 0 heterocycles. The first-order valence-corrected chi connectivity index (χ1v) is 4.73. The SMILES string of the molecule is COCC(N)C(=O)c1cccc(OC)c1F. The molecular formula is C11H14FNO3. The number of carbonyl (C=O) groups excluding carboxylic acids is 1. The number of hydrogen-bond donors (Lipinski definition) is 1. The molecule has 1 atom stereocenters. The second-order valence-corrected chi connectivity index (χ2v) is 3.25. The summed E-state index contributed by atoms with van der Waals surface area (Å²) >= 11 is 0. The zero-order chi connectivity index (χ0) is 12.1. The van der Waals surface area contributed by atoms with Crippen LogP contribution in [-0.4, -0.2) is 32.7 Å². The number of benzene rings is 1. The minimum atomic E-state index is -0.869. The molecule has 1 aromatic rings. The maximum Gasteiger partial charge on any atom is 0.184 e. The lowest BCUT2D eigenvalue weighted by Gasteiger charge is -2.11. The van der Waals surface area contributed by atoms with Crippen LogP contribution in [0.1, 0.15) is 10.4 Å². The normalized spacial score (nSPS) is 12.2. The van der Waals surface area contributed by atoms with Crippen LogP contribution in [0.3, 0.4) is 0 Å². The summed E-state index contributed by atoms with van der Waals surface area (Å²) in [7, 11) is 2.76. The average molecular weight is 227 g/mol. The van der Waals surface area contributed by atoms with E-state index < -0.39 is 17.6 Å². The number of Topliss-reactive ketones (excluding diaryl/α,β-unsaturated/α-hetero) is 1. The van der Waals surface area contributed by atoms with Crippen molar-refractivity contribution < 1.29 is 18.7 Å². The summed E-state index contributed by atoms with van der Waals surface area (Å²) in [6, 6.07) is 3.48. The van der Waals surface area contributed by atoms with Crippen molar-refractivity contribution in [3.8, 4) is 5.75 Å². The number of carbonyl (C=O) groups is 1. The Hall–Kier alpha value is -1.46. The number of hydrogen-bond acceptors (Lipinski definition) is 4. The van der Waals surface area contributed by atoms with Gasteiger partial charge in [0.1, 0.15) is 0 Å². The predicted molar refractivity (Wildman–Crippen MR) is 57.1 cm³/mol. The zero-order valence-corrected chi connectivity index (χ0v) is 9.20. The van der Waals surface area contributed by atoms with E-state index in [-0.39, 0.29) is 17.9 Å². The van der Waals surface area contributed by atoms with Gasteiger partial charge in [0.25, 0.3) is 0 Å². The van der Waals surface area contributed by atoms with Crippen LogP contribution in [-0.2, 0) is 4.74 Å². The molecule has 0 saturated carbocycles. The average Bonchev–Trinajstić information content (AvgIpc) is 2.29. The summed E-state index contributed by atoms with van der Waals surface area (Å²) in [5, 5.41) is 0. The van der Waals surface area contributed by atoms with Gasteiger partial charge in [-0.3, -0.25) is 4.79 Å². The van der Waals surface area contributed by atoms with Crippen molar-refractivity contribution in [3.63, 3.8) is 0 Å². The Kier molecular flexibility index (Phi) is 4.39. The molecule has 0 aromatic heterocycles. The van der Waals surface area contributed by atoms with Crippen molar-refractivity contribution in [1.82, 2.24) is 0 Å². The third kappa shape index (κ3) is 2.56. The first kappa shape index (κ1) is 12.6. The maximum atomic E-state index is 13.7. The van der Waals surface area contributed by atoms with Crippen molar-refractivity contribution in [1.29, 1.82) is 0 Å². The lowest BCUT2D eigenvalue weighted by Crippen LogP contribution is -2.35. The monoisotopic (exact) mass is 227 g/mol. The Morgan fingerprint density at radius 2 is 2.19 bits per heavy atom. The molecule has 0 radical (unpaired) electrons. The number of ether oxygens (including phenoxy) is 2. The Morgan fingerprint density at radius 3 is 2.75 bits per heavy atom. The molecule has 0 spiro atoms. The lowest BCUT2D eigenvalue weighted by molar-refractivity contribution is 0.0887. The molecule has 16 heavy (non-hydrogen) atoms. The minimum absolute atomic E-state index is 0.0236. The highest BCUT2D eigenvalue weighted by atomic mass is 19.1. The molecule has 88 valence electrons. The highest BCUT2D eigenvalue weighted by molar-refractivity contribution is 6.00. The summed E-state index contributed by atoms with van der Waals surface area (Å²) in [6.07, 6.45) is 0. The molecule has 0 bridgehead atoms. The Morgan fingerprint density at radius 1 is 1.50 bits per heavy atom. The van der Waals surface area contributed by atoms with E-state index in [0.717, 1.165) is 0 Å². The lowest BCUT2D eigenvalue weighted by atomic mass is 10.0. The van der Waals surface area contributed by atoms with E-state index in [0.29, 0.717) is 0 Å². The summed E-state index contributed by atoms with van der Waals surface area (Å²) in [6.45, 7) is 0.0511. The van der Waals surface area contributed by atoms with Crippen molar-refractivity contribution >= 4 is 5.78 Å². The first-order chi connectivity index (χ1) is 7.61. The fraction of sp³-hybridized carbons (Fsp3) is 0.364. The van der Waals surface area contributed by atoms with Gasteiger partial charge in [0.05, 0.1) is 25.3 Å². The van der Waals surface area contributed by atoms with E-state index in [1.165, 1.54) is 32.4 Å². The second-order valence-electron chi connectivity index (χ2n) is 3.25. The van der Waals surface area contributed by atoms with Crippen molar-refractivity contribution in [2.75, 3.05) is 20.8 Å².